The van der Waals surface area contributed by atoms with Crippen molar-refractivity contribution in [3.63, 3.8) is 0 Å². The van der Waals surface area contributed by atoms with Gasteiger partial charge in [-0.05, 0) is 18.8 Å². The van der Waals surface area contributed by atoms with E-state index in [1.807, 2.05) is 13.8 Å². The molecule has 0 aliphatic carbocycles. The quantitative estimate of drug-likeness (QED) is 0.643. The molecule has 84 valence electrons. The Morgan fingerprint density at radius 2 is 1.86 bits per heavy atom. The molecule has 0 saturated heterocycles. The number of hydrogen-bond acceptors (Lipinski definition) is 3. The minimum atomic E-state index is -0.936. The predicted octanol–water partition coefficient (Wildman–Crippen LogP) is 2.13. The van der Waals surface area contributed by atoms with Gasteiger partial charge in [0.2, 0.25) is 0 Å². The van der Waals surface area contributed by atoms with Crippen LogP contribution in [0.3, 0.4) is 0 Å². The van der Waals surface area contributed by atoms with Crippen LogP contribution in [0.25, 0.3) is 0 Å². The van der Waals surface area contributed by atoms with Crippen molar-refractivity contribution in [1.29, 1.82) is 0 Å². The highest BCUT2D eigenvalue weighted by atomic mass is 16.5. The lowest BCUT2D eigenvalue weighted by atomic mass is 10.1. The Labute approximate surface area is 86.5 Å². The monoisotopic (exact) mass is 202 g/mol. The van der Waals surface area contributed by atoms with Crippen LogP contribution in [-0.2, 0) is 9.53 Å². The van der Waals surface area contributed by atoms with Gasteiger partial charge in [0.25, 0.3) is 0 Å². The Morgan fingerprint density at radius 1 is 1.29 bits per heavy atom. The molecule has 2 atom stereocenters. The summed E-state index contributed by atoms with van der Waals surface area (Å²) < 4.78 is 4.98. The fourth-order valence-corrected chi connectivity index (χ4v) is 1.29. The second-order valence-corrected chi connectivity index (χ2v) is 3.83. The number of aliphatic hydroxyl groups is 1. The maximum Gasteiger partial charge on any atom is 0.334 e. The molecule has 0 spiro atoms. The molecular formula is C11H22O3. The van der Waals surface area contributed by atoms with E-state index in [0.717, 1.165) is 19.3 Å². The maximum atomic E-state index is 11.2. The van der Waals surface area contributed by atoms with Crippen molar-refractivity contribution >= 4 is 5.97 Å². The third-order valence-electron chi connectivity index (χ3n) is 2.13. The Balaban J connectivity index is 3.61. The van der Waals surface area contributed by atoms with Crippen molar-refractivity contribution in [3.8, 4) is 0 Å². The van der Waals surface area contributed by atoms with Crippen molar-refractivity contribution in [2.45, 2.75) is 52.6 Å². The number of carbonyl (C=O) groups is 1. The van der Waals surface area contributed by atoms with E-state index in [1.165, 1.54) is 0 Å². The van der Waals surface area contributed by atoms with Gasteiger partial charge in [0, 0.05) is 0 Å². The molecule has 0 fully saturated rings. The first-order valence-corrected chi connectivity index (χ1v) is 5.46. The molecule has 0 aliphatic rings. The van der Waals surface area contributed by atoms with Crippen LogP contribution in [0.4, 0.5) is 0 Å². The molecule has 2 unspecified atom stereocenters. The van der Waals surface area contributed by atoms with Crippen molar-refractivity contribution in [2.24, 2.45) is 5.92 Å². The molecule has 3 nitrogen and oxygen atoms in total. The first kappa shape index (κ1) is 13.4. The van der Waals surface area contributed by atoms with E-state index >= 15 is 0 Å². The summed E-state index contributed by atoms with van der Waals surface area (Å²) in [6, 6.07) is 0. The molecule has 0 amide bonds. The molecule has 0 radical (unpaired) electrons. The summed E-state index contributed by atoms with van der Waals surface area (Å²) in [5, 5.41) is 9.29. The summed E-state index contributed by atoms with van der Waals surface area (Å²) in [6.07, 6.45) is 2.49. The summed E-state index contributed by atoms with van der Waals surface area (Å²) in [5.41, 5.74) is 0. The maximum absolute atomic E-state index is 11.2. The van der Waals surface area contributed by atoms with Crippen LogP contribution in [0.5, 0.6) is 0 Å². The molecule has 0 aromatic carbocycles. The summed E-state index contributed by atoms with van der Waals surface area (Å²) in [7, 11) is 0. The van der Waals surface area contributed by atoms with Crippen molar-refractivity contribution in [3.05, 3.63) is 0 Å². The van der Waals surface area contributed by atoms with E-state index in [-0.39, 0.29) is 0 Å². The first-order valence-electron chi connectivity index (χ1n) is 5.46. The molecule has 0 bridgehead atoms. The highest BCUT2D eigenvalue weighted by Gasteiger charge is 2.15. The summed E-state index contributed by atoms with van der Waals surface area (Å²) in [4.78, 5) is 11.2. The number of rotatable bonds is 7. The lowest BCUT2D eigenvalue weighted by Crippen LogP contribution is -2.24. The van der Waals surface area contributed by atoms with E-state index in [0.29, 0.717) is 18.9 Å². The van der Waals surface area contributed by atoms with Gasteiger partial charge in [0.1, 0.15) is 0 Å². The van der Waals surface area contributed by atoms with Crippen LogP contribution in [0, 0.1) is 5.92 Å². The predicted molar refractivity (Wildman–Crippen MR) is 55.9 cm³/mol. The van der Waals surface area contributed by atoms with Gasteiger partial charge in [0.15, 0.2) is 6.10 Å². The molecule has 14 heavy (non-hydrogen) atoms. The first-order chi connectivity index (χ1) is 6.61. The number of aliphatic hydroxyl groups excluding tert-OH is 1. The molecule has 0 aromatic rings. The zero-order chi connectivity index (χ0) is 11.0. The Morgan fingerprint density at radius 3 is 2.36 bits per heavy atom. The lowest BCUT2D eigenvalue weighted by Gasteiger charge is -2.13. The van der Waals surface area contributed by atoms with E-state index in [4.69, 9.17) is 4.74 Å². The van der Waals surface area contributed by atoms with Gasteiger partial charge >= 0.3 is 5.97 Å². The largest absolute Gasteiger partial charge is 0.463 e. The summed E-state index contributed by atoms with van der Waals surface area (Å²) in [6.45, 7) is 6.50. The molecule has 3 heteroatoms. The normalized spacial score (nSPS) is 14.9. The highest BCUT2D eigenvalue weighted by Crippen LogP contribution is 2.06. The number of hydrogen-bond donors (Lipinski definition) is 1. The van der Waals surface area contributed by atoms with Gasteiger partial charge in [0.05, 0.1) is 6.61 Å². The summed E-state index contributed by atoms with van der Waals surface area (Å²) in [5.74, 6) is -0.0902. The molecular weight excluding hydrogens is 180 g/mol. The van der Waals surface area contributed by atoms with Crippen LogP contribution >= 0.6 is 0 Å². The fourth-order valence-electron chi connectivity index (χ4n) is 1.29. The van der Waals surface area contributed by atoms with Gasteiger partial charge < -0.3 is 9.84 Å². The zero-order valence-corrected chi connectivity index (χ0v) is 9.45. The standard InChI is InChI=1S/C11H22O3/c1-4-6-9(3)8-14-11(13)10(12)7-5-2/h9-10,12H,4-8H2,1-3H3. The van der Waals surface area contributed by atoms with E-state index in [1.54, 1.807) is 0 Å². The zero-order valence-electron chi connectivity index (χ0n) is 9.45. The SMILES string of the molecule is CCCC(C)COC(=O)C(O)CCC. The summed E-state index contributed by atoms with van der Waals surface area (Å²) >= 11 is 0. The van der Waals surface area contributed by atoms with Crippen molar-refractivity contribution in [2.75, 3.05) is 6.61 Å². The molecule has 0 aromatic heterocycles. The van der Waals surface area contributed by atoms with Gasteiger partial charge in [-0.15, -0.1) is 0 Å². The van der Waals surface area contributed by atoms with Crippen LogP contribution in [0.2, 0.25) is 0 Å². The highest BCUT2D eigenvalue weighted by molar-refractivity contribution is 5.74. The number of esters is 1. The van der Waals surface area contributed by atoms with Crippen LogP contribution < -0.4 is 0 Å². The van der Waals surface area contributed by atoms with Crippen molar-refractivity contribution in [1.82, 2.24) is 0 Å². The average molecular weight is 202 g/mol. The van der Waals surface area contributed by atoms with Crippen LogP contribution in [0.1, 0.15) is 46.5 Å². The lowest BCUT2D eigenvalue weighted by molar-refractivity contribution is -0.155. The number of ether oxygens (including phenoxy) is 1. The van der Waals surface area contributed by atoms with Crippen LogP contribution in [-0.4, -0.2) is 23.8 Å². The van der Waals surface area contributed by atoms with Gasteiger partial charge in [-0.1, -0.05) is 33.6 Å². The van der Waals surface area contributed by atoms with Gasteiger partial charge in [-0.25, -0.2) is 4.79 Å². The van der Waals surface area contributed by atoms with Gasteiger partial charge in [-0.3, -0.25) is 0 Å². The minimum Gasteiger partial charge on any atom is -0.463 e. The topological polar surface area (TPSA) is 46.5 Å². The molecule has 0 saturated carbocycles. The van der Waals surface area contributed by atoms with E-state index in [9.17, 15) is 9.90 Å². The van der Waals surface area contributed by atoms with Crippen molar-refractivity contribution < 1.29 is 14.6 Å². The Bertz CT molecular complexity index is 157. The molecule has 0 aliphatic heterocycles. The third-order valence-corrected chi connectivity index (χ3v) is 2.13. The third kappa shape index (κ3) is 5.97. The smallest absolute Gasteiger partial charge is 0.334 e. The molecule has 0 rings (SSSR count). The van der Waals surface area contributed by atoms with Crippen LogP contribution in [0.15, 0.2) is 0 Å². The van der Waals surface area contributed by atoms with E-state index in [2.05, 4.69) is 6.92 Å². The van der Waals surface area contributed by atoms with E-state index < -0.39 is 12.1 Å². The second-order valence-electron chi connectivity index (χ2n) is 3.83. The minimum absolute atomic E-state index is 0.387. The molecule has 0 heterocycles. The average Bonchev–Trinajstić information content (AvgIpc) is 2.15. The Hall–Kier alpha value is -0.570. The van der Waals surface area contributed by atoms with Gasteiger partial charge in [-0.2, -0.15) is 0 Å². The fraction of sp³-hybridized carbons (Fsp3) is 0.909. The number of carbonyl (C=O) groups excluding carboxylic acids is 1. The molecule has 1 N–H and O–H groups in total. The Kier molecular flexibility index (Phi) is 7.48. The second kappa shape index (κ2) is 7.80.